The van der Waals surface area contributed by atoms with Crippen LogP contribution < -0.4 is 15.4 Å². The maximum absolute atomic E-state index is 12.2. The van der Waals surface area contributed by atoms with Crippen LogP contribution in [0.2, 0.25) is 0 Å². The quantitative estimate of drug-likeness (QED) is 0.693. The van der Waals surface area contributed by atoms with Crippen molar-refractivity contribution in [2.45, 2.75) is 64.5 Å². The molecule has 1 fully saturated rings. The molecular weight excluding hydrogens is 348 g/mol. The van der Waals surface area contributed by atoms with E-state index in [0.717, 1.165) is 23.5 Å². The molecule has 1 saturated carbocycles. The standard InChI is InChI=1S/C24H32N2O2/c1-19-13-15-22(16-14-19)26-24(27)18-28-23-12-8-7-9-20(23)17-25-21-10-5-3-2-4-6-11-21/h7-9,12-16,21,25H,2-6,10-11,17-18H2,1H3,(H,26,27). The SMILES string of the molecule is Cc1ccc(NC(=O)COc2ccccc2CNC2CCCCCCC2)cc1. The lowest BCUT2D eigenvalue weighted by molar-refractivity contribution is -0.118. The Morgan fingerprint density at radius 3 is 2.39 bits per heavy atom. The van der Waals surface area contributed by atoms with E-state index in [2.05, 4.69) is 16.7 Å². The van der Waals surface area contributed by atoms with Gasteiger partial charge in [-0.25, -0.2) is 0 Å². The molecule has 3 rings (SSSR count). The molecule has 0 heterocycles. The Morgan fingerprint density at radius 1 is 0.964 bits per heavy atom. The number of nitrogens with one attached hydrogen (secondary N) is 2. The lowest BCUT2D eigenvalue weighted by atomic mass is 9.96. The Hall–Kier alpha value is -2.33. The Labute approximate surface area is 168 Å². The summed E-state index contributed by atoms with van der Waals surface area (Å²) in [5.74, 6) is 0.631. The van der Waals surface area contributed by atoms with Crippen molar-refractivity contribution in [3.8, 4) is 5.75 Å². The summed E-state index contributed by atoms with van der Waals surface area (Å²) in [4.78, 5) is 12.2. The third-order valence-corrected chi connectivity index (χ3v) is 5.35. The zero-order chi connectivity index (χ0) is 19.6. The number of hydrogen-bond acceptors (Lipinski definition) is 3. The van der Waals surface area contributed by atoms with E-state index in [1.807, 2.05) is 49.4 Å². The third-order valence-electron chi connectivity index (χ3n) is 5.35. The number of hydrogen-bond donors (Lipinski definition) is 2. The van der Waals surface area contributed by atoms with E-state index in [9.17, 15) is 4.79 Å². The fraction of sp³-hybridized carbons (Fsp3) is 0.458. The molecule has 2 aromatic carbocycles. The van der Waals surface area contributed by atoms with Gasteiger partial charge in [-0.2, -0.15) is 0 Å². The first-order valence-electron chi connectivity index (χ1n) is 10.5. The zero-order valence-corrected chi connectivity index (χ0v) is 16.9. The highest BCUT2D eigenvalue weighted by atomic mass is 16.5. The number of carbonyl (C=O) groups is 1. The van der Waals surface area contributed by atoms with Crippen LogP contribution in [0, 0.1) is 6.92 Å². The fourth-order valence-electron chi connectivity index (χ4n) is 3.68. The number of aryl methyl sites for hydroxylation is 1. The van der Waals surface area contributed by atoms with Gasteiger partial charge < -0.3 is 15.4 Å². The fourth-order valence-corrected chi connectivity index (χ4v) is 3.68. The molecule has 0 spiro atoms. The molecule has 2 N–H and O–H groups in total. The second-order valence-electron chi connectivity index (χ2n) is 7.73. The van der Waals surface area contributed by atoms with Crippen molar-refractivity contribution >= 4 is 11.6 Å². The molecule has 1 aliphatic rings. The van der Waals surface area contributed by atoms with E-state index in [1.165, 1.54) is 50.5 Å². The van der Waals surface area contributed by atoms with Crippen LogP contribution in [-0.2, 0) is 11.3 Å². The first kappa shape index (κ1) is 20.4. The number of rotatable bonds is 7. The van der Waals surface area contributed by atoms with Gasteiger partial charge in [0.2, 0.25) is 0 Å². The Bertz CT molecular complexity index is 735. The first-order valence-corrected chi connectivity index (χ1v) is 10.5. The highest BCUT2D eigenvalue weighted by molar-refractivity contribution is 5.91. The lowest BCUT2D eigenvalue weighted by Gasteiger charge is -2.22. The molecule has 2 aromatic rings. The minimum atomic E-state index is -0.147. The van der Waals surface area contributed by atoms with Gasteiger partial charge in [0.05, 0.1) is 0 Å². The van der Waals surface area contributed by atoms with Crippen molar-refractivity contribution in [2.24, 2.45) is 0 Å². The molecule has 1 amide bonds. The maximum Gasteiger partial charge on any atom is 0.262 e. The van der Waals surface area contributed by atoms with Crippen molar-refractivity contribution in [3.63, 3.8) is 0 Å². The van der Waals surface area contributed by atoms with Gasteiger partial charge in [0.15, 0.2) is 6.61 Å². The minimum Gasteiger partial charge on any atom is -0.483 e. The zero-order valence-electron chi connectivity index (χ0n) is 16.9. The molecule has 0 atom stereocenters. The molecule has 1 aliphatic carbocycles. The topological polar surface area (TPSA) is 50.4 Å². The van der Waals surface area contributed by atoms with Crippen molar-refractivity contribution in [1.82, 2.24) is 5.32 Å². The molecule has 0 saturated heterocycles. The van der Waals surface area contributed by atoms with Gasteiger partial charge >= 0.3 is 0 Å². The van der Waals surface area contributed by atoms with Crippen LogP contribution in [0.25, 0.3) is 0 Å². The van der Waals surface area contributed by atoms with E-state index < -0.39 is 0 Å². The van der Waals surface area contributed by atoms with E-state index in [0.29, 0.717) is 6.04 Å². The van der Waals surface area contributed by atoms with Crippen LogP contribution in [0.15, 0.2) is 48.5 Å². The van der Waals surface area contributed by atoms with Crippen molar-refractivity contribution in [1.29, 1.82) is 0 Å². The van der Waals surface area contributed by atoms with Gasteiger partial charge in [-0.05, 0) is 38.0 Å². The molecule has 4 nitrogen and oxygen atoms in total. The van der Waals surface area contributed by atoms with Gasteiger partial charge in [0, 0.05) is 23.8 Å². The number of carbonyl (C=O) groups excluding carboxylic acids is 1. The molecule has 28 heavy (non-hydrogen) atoms. The molecular formula is C24H32N2O2. The highest BCUT2D eigenvalue weighted by Crippen LogP contribution is 2.21. The predicted molar refractivity (Wildman–Crippen MR) is 115 cm³/mol. The van der Waals surface area contributed by atoms with Crippen LogP contribution in [0.5, 0.6) is 5.75 Å². The van der Waals surface area contributed by atoms with Crippen LogP contribution in [-0.4, -0.2) is 18.6 Å². The summed E-state index contributed by atoms with van der Waals surface area (Å²) >= 11 is 0. The van der Waals surface area contributed by atoms with Gasteiger partial charge in [0.1, 0.15) is 5.75 Å². The van der Waals surface area contributed by atoms with Gasteiger partial charge in [-0.15, -0.1) is 0 Å². The van der Waals surface area contributed by atoms with Crippen LogP contribution in [0.3, 0.4) is 0 Å². The highest BCUT2D eigenvalue weighted by Gasteiger charge is 2.12. The molecule has 4 heteroatoms. The maximum atomic E-state index is 12.2. The number of anilines is 1. The average molecular weight is 381 g/mol. The van der Waals surface area contributed by atoms with Crippen LogP contribution in [0.1, 0.15) is 56.1 Å². The summed E-state index contributed by atoms with van der Waals surface area (Å²) in [5.41, 5.74) is 3.06. The molecule has 150 valence electrons. The van der Waals surface area contributed by atoms with Gasteiger partial charge in [0.25, 0.3) is 5.91 Å². The smallest absolute Gasteiger partial charge is 0.262 e. The number of benzene rings is 2. The van der Waals surface area contributed by atoms with Crippen molar-refractivity contribution in [2.75, 3.05) is 11.9 Å². The second-order valence-corrected chi connectivity index (χ2v) is 7.73. The van der Waals surface area contributed by atoms with Crippen molar-refractivity contribution < 1.29 is 9.53 Å². The Morgan fingerprint density at radius 2 is 1.64 bits per heavy atom. The second kappa shape index (κ2) is 10.9. The molecule has 0 radical (unpaired) electrons. The predicted octanol–water partition coefficient (Wildman–Crippen LogP) is 5.22. The van der Waals surface area contributed by atoms with Gasteiger partial charge in [-0.1, -0.05) is 68.0 Å². The van der Waals surface area contributed by atoms with E-state index in [1.54, 1.807) is 0 Å². The van der Waals surface area contributed by atoms with E-state index in [-0.39, 0.29) is 12.5 Å². The Kier molecular flexibility index (Phi) is 7.92. The summed E-state index contributed by atoms with van der Waals surface area (Å²) < 4.78 is 5.83. The molecule has 0 aromatic heterocycles. The molecule has 0 unspecified atom stereocenters. The van der Waals surface area contributed by atoms with Crippen LogP contribution in [0.4, 0.5) is 5.69 Å². The summed E-state index contributed by atoms with van der Waals surface area (Å²) in [5, 5.41) is 6.57. The lowest BCUT2D eigenvalue weighted by Crippen LogP contribution is -2.29. The van der Waals surface area contributed by atoms with E-state index in [4.69, 9.17) is 4.74 Å². The largest absolute Gasteiger partial charge is 0.483 e. The first-order chi connectivity index (χ1) is 13.7. The molecule has 0 aliphatic heterocycles. The summed E-state index contributed by atoms with van der Waals surface area (Å²) in [6, 6.07) is 16.3. The number of para-hydroxylation sites is 1. The average Bonchev–Trinajstić information content (AvgIpc) is 2.68. The summed E-state index contributed by atoms with van der Waals surface area (Å²) in [6.45, 7) is 2.81. The summed E-state index contributed by atoms with van der Waals surface area (Å²) in [7, 11) is 0. The summed E-state index contributed by atoms with van der Waals surface area (Å²) in [6.07, 6.45) is 9.23. The number of amides is 1. The van der Waals surface area contributed by atoms with E-state index >= 15 is 0 Å². The molecule has 0 bridgehead atoms. The Balaban J connectivity index is 1.50. The number of ether oxygens (including phenoxy) is 1. The van der Waals surface area contributed by atoms with Gasteiger partial charge in [-0.3, -0.25) is 4.79 Å². The normalized spacial score (nSPS) is 15.5. The monoisotopic (exact) mass is 380 g/mol. The van der Waals surface area contributed by atoms with Crippen LogP contribution >= 0.6 is 0 Å². The third kappa shape index (κ3) is 6.68. The minimum absolute atomic E-state index is 0.00825. The van der Waals surface area contributed by atoms with Crippen molar-refractivity contribution in [3.05, 3.63) is 59.7 Å².